The Morgan fingerprint density at radius 3 is 2.56 bits per heavy atom. The van der Waals surface area contributed by atoms with Gasteiger partial charge < -0.3 is 9.64 Å². The van der Waals surface area contributed by atoms with Gasteiger partial charge in [-0.05, 0) is 67.9 Å². The van der Waals surface area contributed by atoms with Crippen molar-refractivity contribution in [3.63, 3.8) is 0 Å². The predicted molar refractivity (Wildman–Crippen MR) is 127 cm³/mol. The van der Waals surface area contributed by atoms with Crippen LogP contribution in [0.3, 0.4) is 0 Å². The molecule has 0 unspecified atom stereocenters. The third-order valence-electron chi connectivity index (χ3n) is 6.11. The molecule has 3 rings (SSSR count). The predicted octanol–water partition coefficient (Wildman–Crippen LogP) is 3.35. The molecule has 0 spiro atoms. The van der Waals surface area contributed by atoms with Crippen molar-refractivity contribution >= 4 is 21.6 Å². The number of nitrogens with zero attached hydrogens (tertiary/aromatic N) is 2. The summed E-state index contributed by atoms with van der Waals surface area (Å²) in [7, 11) is -2.10. The Bertz CT molecular complexity index is 1070. The fourth-order valence-corrected chi connectivity index (χ4v) is 5.59. The van der Waals surface area contributed by atoms with E-state index in [-0.39, 0.29) is 29.4 Å². The number of anilines is 1. The average Bonchev–Trinajstić information content (AvgIpc) is 3.11. The van der Waals surface area contributed by atoms with Crippen LogP contribution in [0, 0.1) is 0 Å². The summed E-state index contributed by atoms with van der Waals surface area (Å²) in [5, 5.41) is 0. The molecule has 0 saturated carbocycles. The fraction of sp³-hybridized carbons (Fsp3) is 0.458. The van der Waals surface area contributed by atoms with E-state index in [0.717, 1.165) is 35.7 Å². The third-order valence-corrected chi connectivity index (χ3v) is 7.54. The van der Waals surface area contributed by atoms with E-state index in [2.05, 4.69) is 23.5 Å². The molecule has 0 radical (unpaired) electrons. The number of hydrogen-bond acceptors (Lipinski definition) is 5. The SMILES string of the molecule is CCN(CC)[C@H](CNS(=O)(=O)c1ccc2c(c1)C[C@H](C)N2C(C)=O)c1cccc(OC)c1. The van der Waals surface area contributed by atoms with E-state index < -0.39 is 10.0 Å². The Morgan fingerprint density at radius 2 is 1.94 bits per heavy atom. The molecule has 32 heavy (non-hydrogen) atoms. The van der Waals surface area contributed by atoms with Crippen LogP contribution in [0.25, 0.3) is 0 Å². The number of rotatable bonds is 9. The molecule has 1 heterocycles. The van der Waals surface area contributed by atoms with Gasteiger partial charge in [-0.15, -0.1) is 0 Å². The van der Waals surface area contributed by atoms with Crippen molar-refractivity contribution in [1.82, 2.24) is 9.62 Å². The number of carbonyl (C=O) groups is 1. The lowest BCUT2D eigenvalue weighted by Crippen LogP contribution is -2.38. The zero-order valence-corrected chi connectivity index (χ0v) is 20.3. The van der Waals surface area contributed by atoms with Gasteiger partial charge in [0.2, 0.25) is 15.9 Å². The lowest BCUT2D eigenvalue weighted by atomic mass is 10.0. The monoisotopic (exact) mass is 459 g/mol. The normalized spacial score (nSPS) is 16.8. The number of sulfonamides is 1. The van der Waals surface area contributed by atoms with Crippen LogP contribution in [0.2, 0.25) is 0 Å². The van der Waals surface area contributed by atoms with E-state index in [1.54, 1.807) is 30.2 Å². The Labute approximate surface area is 191 Å². The smallest absolute Gasteiger partial charge is 0.240 e. The standard InChI is InChI=1S/C24H33N3O4S/c1-6-26(7-2)24(19-9-8-10-21(14-19)31-5)16-25-32(29,30)22-11-12-23-20(15-22)13-17(3)27(23)18(4)28/h8-12,14-15,17,24-25H,6-7,13,16H2,1-5H3/t17-,24+/m0/s1. The number of nitrogens with one attached hydrogen (secondary N) is 1. The summed E-state index contributed by atoms with van der Waals surface area (Å²) in [5.74, 6) is 0.704. The molecule has 1 aliphatic rings. The molecule has 0 saturated heterocycles. The van der Waals surface area contributed by atoms with Crippen molar-refractivity contribution in [2.24, 2.45) is 0 Å². The maximum Gasteiger partial charge on any atom is 0.240 e. The molecule has 1 aliphatic heterocycles. The minimum atomic E-state index is -3.72. The number of amides is 1. The van der Waals surface area contributed by atoms with Crippen LogP contribution >= 0.6 is 0 Å². The maximum absolute atomic E-state index is 13.2. The van der Waals surface area contributed by atoms with E-state index in [1.807, 2.05) is 31.2 Å². The van der Waals surface area contributed by atoms with Gasteiger partial charge in [0.1, 0.15) is 5.75 Å². The summed E-state index contributed by atoms with van der Waals surface area (Å²) >= 11 is 0. The van der Waals surface area contributed by atoms with E-state index in [1.165, 1.54) is 6.92 Å². The number of methoxy groups -OCH3 is 1. The topological polar surface area (TPSA) is 79.0 Å². The minimum Gasteiger partial charge on any atom is -0.497 e. The number of likely N-dealkylation sites (N-methyl/N-ethyl adjacent to an activating group) is 1. The number of carbonyl (C=O) groups excluding carboxylic acids is 1. The molecule has 2 aromatic rings. The second-order valence-corrected chi connectivity index (χ2v) is 9.87. The Hall–Kier alpha value is -2.42. The van der Waals surface area contributed by atoms with Gasteiger partial charge in [-0.1, -0.05) is 26.0 Å². The van der Waals surface area contributed by atoms with Crippen LogP contribution in [0.5, 0.6) is 5.75 Å². The van der Waals surface area contributed by atoms with Crippen molar-refractivity contribution < 1.29 is 17.9 Å². The van der Waals surface area contributed by atoms with Crippen LogP contribution in [0.1, 0.15) is 44.9 Å². The highest BCUT2D eigenvalue weighted by Crippen LogP contribution is 2.34. The lowest BCUT2D eigenvalue weighted by Gasteiger charge is -2.30. The van der Waals surface area contributed by atoms with Gasteiger partial charge in [0.25, 0.3) is 0 Å². The summed E-state index contributed by atoms with van der Waals surface area (Å²) in [5.41, 5.74) is 2.67. The fourth-order valence-electron chi connectivity index (χ4n) is 4.50. The number of fused-ring (bicyclic) bond motifs is 1. The highest BCUT2D eigenvalue weighted by molar-refractivity contribution is 7.89. The van der Waals surface area contributed by atoms with Gasteiger partial charge in [0, 0.05) is 31.2 Å². The molecule has 0 aromatic heterocycles. The second-order valence-electron chi connectivity index (χ2n) is 8.10. The number of hydrogen-bond donors (Lipinski definition) is 1. The van der Waals surface area contributed by atoms with E-state index in [4.69, 9.17) is 4.74 Å². The molecule has 8 heteroatoms. The molecular weight excluding hydrogens is 426 g/mol. The Morgan fingerprint density at radius 1 is 1.22 bits per heavy atom. The summed E-state index contributed by atoms with van der Waals surface area (Å²) in [4.78, 5) is 16.1. The van der Waals surface area contributed by atoms with Gasteiger partial charge in [-0.25, -0.2) is 13.1 Å². The van der Waals surface area contributed by atoms with Gasteiger partial charge in [-0.2, -0.15) is 0 Å². The van der Waals surface area contributed by atoms with Crippen LogP contribution in [-0.2, 0) is 21.2 Å². The summed E-state index contributed by atoms with van der Waals surface area (Å²) in [6.45, 7) is 9.45. The molecule has 0 fully saturated rings. The molecular formula is C24H33N3O4S. The van der Waals surface area contributed by atoms with Crippen molar-refractivity contribution in [1.29, 1.82) is 0 Å². The van der Waals surface area contributed by atoms with Crippen LogP contribution in [-0.4, -0.2) is 52.0 Å². The summed E-state index contributed by atoms with van der Waals surface area (Å²) in [6, 6.07) is 12.6. The highest BCUT2D eigenvalue weighted by Gasteiger charge is 2.30. The van der Waals surface area contributed by atoms with Gasteiger partial charge >= 0.3 is 0 Å². The molecule has 174 valence electrons. The molecule has 2 aromatic carbocycles. The van der Waals surface area contributed by atoms with Gasteiger partial charge in [0.15, 0.2) is 0 Å². The first-order valence-corrected chi connectivity index (χ1v) is 12.5. The van der Waals surface area contributed by atoms with Crippen molar-refractivity contribution in [3.8, 4) is 5.75 Å². The van der Waals surface area contributed by atoms with Crippen molar-refractivity contribution in [2.75, 3.05) is 31.6 Å². The van der Waals surface area contributed by atoms with Crippen molar-refractivity contribution in [2.45, 2.75) is 51.1 Å². The first-order chi connectivity index (χ1) is 15.2. The Kier molecular flexibility index (Phi) is 7.59. The average molecular weight is 460 g/mol. The zero-order valence-electron chi connectivity index (χ0n) is 19.5. The number of benzene rings is 2. The third kappa shape index (κ3) is 4.98. The Balaban J connectivity index is 1.84. The summed E-state index contributed by atoms with van der Waals surface area (Å²) < 4.78 is 34.5. The molecule has 1 amide bonds. The molecule has 2 atom stereocenters. The summed E-state index contributed by atoms with van der Waals surface area (Å²) in [6.07, 6.45) is 0.643. The van der Waals surface area contributed by atoms with E-state index in [9.17, 15) is 13.2 Å². The zero-order chi connectivity index (χ0) is 23.5. The van der Waals surface area contributed by atoms with Gasteiger partial charge in [-0.3, -0.25) is 9.69 Å². The largest absolute Gasteiger partial charge is 0.497 e. The van der Waals surface area contributed by atoms with Gasteiger partial charge in [0.05, 0.1) is 12.0 Å². The maximum atomic E-state index is 13.2. The van der Waals surface area contributed by atoms with E-state index in [0.29, 0.717) is 6.42 Å². The molecule has 0 bridgehead atoms. The van der Waals surface area contributed by atoms with Crippen LogP contribution in [0.15, 0.2) is 47.4 Å². The molecule has 1 N–H and O–H groups in total. The first-order valence-electron chi connectivity index (χ1n) is 11.0. The number of ether oxygens (including phenoxy) is 1. The molecule has 7 nitrogen and oxygen atoms in total. The first kappa shape index (κ1) is 24.2. The lowest BCUT2D eigenvalue weighted by molar-refractivity contribution is -0.116. The second kappa shape index (κ2) is 10.0. The van der Waals surface area contributed by atoms with Crippen molar-refractivity contribution in [3.05, 3.63) is 53.6 Å². The highest BCUT2D eigenvalue weighted by atomic mass is 32.2. The van der Waals surface area contributed by atoms with Crippen LogP contribution in [0.4, 0.5) is 5.69 Å². The van der Waals surface area contributed by atoms with E-state index >= 15 is 0 Å². The minimum absolute atomic E-state index is 0.0218. The molecule has 0 aliphatic carbocycles. The quantitative estimate of drug-likeness (QED) is 0.622. The van der Waals surface area contributed by atoms with Crippen LogP contribution < -0.4 is 14.4 Å².